The maximum absolute atomic E-state index is 12.1. The second-order valence-corrected chi connectivity index (χ2v) is 10.9. The molecule has 3 saturated carbocycles. The molecule has 0 radical (unpaired) electrons. The molecule has 3 aliphatic carbocycles. The minimum atomic E-state index is -0.345. The number of aromatic nitrogens is 2. The van der Waals surface area contributed by atoms with E-state index in [-0.39, 0.29) is 5.91 Å². The molecule has 30 heavy (non-hydrogen) atoms. The van der Waals surface area contributed by atoms with Gasteiger partial charge in [0.1, 0.15) is 10.5 Å². The summed E-state index contributed by atoms with van der Waals surface area (Å²) in [5.74, 6) is 1.21. The summed E-state index contributed by atoms with van der Waals surface area (Å²) in [6, 6.07) is 7.35. The number of thioether (sulfide) groups is 1. The molecule has 3 aliphatic rings. The molecule has 1 spiro atoms. The summed E-state index contributed by atoms with van der Waals surface area (Å²) in [5.41, 5.74) is 9.40. The normalized spacial score (nSPS) is 27.8. The number of amides is 1. The van der Waals surface area contributed by atoms with Crippen molar-refractivity contribution in [1.29, 1.82) is 0 Å². The van der Waals surface area contributed by atoms with Gasteiger partial charge in [0.2, 0.25) is 5.91 Å². The van der Waals surface area contributed by atoms with Gasteiger partial charge in [-0.1, -0.05) is 11.6 Å². The Kier molecular flexibility index (Phi) is 4.19. The van der Waals surface area contributed by atoms with Crippen LogP contribution in [0.2, 0.25) is 5.02 Å². The Morgan fingerprint density at radius 2 is 1.93 bits per heavy atom. The van der Waals surface area contributed by atoms with E-state index >= 15 is 0 Å². The lowest BCUT2D eigenvalue weighted by atomic mass is 9.47. The molecule has 2 N–H and O–H groups in total. The number of primary amides is 1. The molecular formula is C23H22ClN3O2S. The highest BCUT2D eigenvalue weighted by molar-refractivity contribution is 8.00. The zero-order valence-electron chi connectivity index (χ0n) is 16.4. The number of hydrogen-bond donors (Lipinski definition) is 1. The van der Waals surface area contributed by atoms with Gasteiger partial charge in [-0.3, -0.25) is 4.79 Å². The number of nitrogens with two attached hydrogens (primary N) is 1. The molecule has 5 nitrogen and oxygen atoms in total. The fourth-order valence-electron chi connectivity index (χ4n) is 5.28. The van der Waals surface area contributed by atoms with E-state index in [1.54, 1.807) is 12.3 Å². The van der Waals surface area contributed by atoms with E-state index in [1.807, 2.05) is 30.0 Å². The standard InChI is InChI=1S/C23H22ClN3O2S/c24-14-1-4-18-17(7-14)27-21(29-18)13-10-23(11-13)8-12(9-23)19-16(20(25)28)5-6-26-22(19)30-15-2-3-15/h1,4-7,12-13,15H,2-3,8-11H2,(H2,25,28). The molecule has 6 rings (SSSR count). The van der Waals surface area contributed by atoms with Crippen molar-refractivity contribution in [2.24, 2.45) is 11.1 Å². The van der Waals surface area contributed by atoms with Gasteiger partial charge in [-0.25, -0.2) is 9.97 Å². The summed E-state index contributed by atoms with van der Waals surface area (Å²) in [6.45, 7) is 0. The quantitative estimate of drug-likeness (QED) is 0.553. The number of rotatable bonds is 5. The number of carbonyl (C=O) groups excluding carboxylic acids is 1. The topological polar surface area (TPSA) is 82.0 Å². The first-order valence-corrected chi connectivity index (χ1v) is 11.8. The van der Waals surface area contributed by atoms with Gasteiger partial charge in [0, 0.05) is 33.5 Å². The molecule has 7 heteroatoms. The molecule has 154 valence electrons. The van der Waals surface area contributed by atoms with Gasteiger partial charge < -0.3 is 10.2 Å². The molecular weight excluding hydrogens is 418 g/mol. The van der Waals surface area contributed by atoms with Crippen molar-refractivity contribution in [3.05, 3.63) is 52.5 Å². The predicted octanol–water partition coefficient (Wildman–Crippen LogP) is 5.67. The molecule has 2 heterocycles. The third kappa shape index (κ3) is 3.12. The van der Waals surface area contributed by atoms with E-state index in [0.29, 0.717) is 33.1 Å². The molecule has 3 aromatic rings. The van der Waals surface area contributed by atoms with Crippen LogP contribution < -0.4 is 5.73 Å². The Morgan fingerprint density at radius 3 is 2.67 bits per heavy atom. The number of fused-ring (bicyclic) bond motifs is 1. The first kappa shape index (κ1) is 18.7. The smallest absolute Gasteiger partial charge is 0.249 e. The summed E-state index contributed by atoms with van der Waals surface area (Å²) in [7, 11) is 0. The molecule has 1 amide bonds. The van der Waals surface area contributed by atoms with Gasteiger partial charge in [0.15, 0.2) is 11.5 Å². The molecule has 1 aromatic carbocycles. The van der Waals surface area contributed by atoms with Crippen molar-refractivity contribution in [2.45, 2.75) is 60.6 Å². The van der Waals surface area contributed by atoms with Crippen LogP contribution in [-0.2, 0) is 0 Å². The van der Waals surface area contributed by atoms with Crippen LogP contribution in [0.1, 0.15) is 72.2 Å². The van der Waals surface area contributed by atoms with E-state index in [1.165, 1.54) is 12.8 Å². The van der Waals surface area contributed by atoms with Crippen molar-refractivity contribution in [2.75, 3.05) is 0 Å². The zero-order chi connectivity index (χ0) is 20.5. The van der Waals surface area contributed by atoms with Gasteiger partial charge in [-0.15, -0.1) is 11.8 Å². The number of nitrogens with zero attached hydrogens (tertiary/aromatic N) is 2. The SMILES string of the molecule is NC(=O)c1ccnc(SC2CC2)c1C1CC2(CC(c3nc4cc(Cl)ccc4o3)C2)C1. The number of pyridine rings is 1. The summed E-state index contributed by atoms with van der Waals surface area (Å²) in [5, 5.41) is 2.34. The largest absolute Gasteiger partial charge is 0.440 e. The molecule has 0 atom stereocenters. The number of benzene rings is 1. The third-order valence-corrected chi connectivity index (χ3v) is 8.45. The van der Waals surface area contributed by atoms with E-state index < -0.39 is 0 Å². The van der Waals surface area contributed by atoms with E-state index in [9.17, 15) is 4.79 Å². The Hall–Kier alpha value is -2.05. The highest BCUT2D eigenvalue weighted by atomic mass is 35.5. The molecule has 0 saturated heterocycles. The Bertz CT molecular complexity index is 1160. The van der Waals surface area contributed by atoms with E-state index in [0.717, 1.165) is 53.3 Å². The van der Waals surface area contributed by atoms with Crippen molar-refractivity contribution < 1.29 is 9.21 Å². The monoisotopic (exact) mass is 439 g/mol. The zero-order valence-corrected chi connectivity index (χ0v) is 18.0. The second kappa shape index (κ2) is 6.72. The van der Waals surface area contributed by atoms with Crippen LogP contribution in [0.25, 0.3) is 11.1 Å². The van der Waals surface area contributed by atoms with Crippen LogP contribution in [0.3, 0.4) is 0 Å². The Morgan fingerprint density at radius 1 is 1.17 bits per heavy atom. The molecule has 0 aliphatic heterocycles. The van der Waals surface area contributed by atoms with Crippen LogP contribution in [0.15, 0.2) is 39.9 Å². The molecule has 0 bridgehead atoms. The average Bonchev–Trinajstić information content (AvgIpc) is 3.37. The minimum Gasteiger partial charge on any atom is -0.440 e. The highest BCUT2D eigenvalue weighted by Crippen LogP contribution is 2.67. The Balaban J connectivity index is 1.19. The van der Waals surface area contributed by atoms with Crippen LogP contribution in [0.4, 0.5) is 0 Å². The van der Waals surface area contributed by atoms with Gasteiger partial charge in [0.05, 0.1) is 0 Å². The second-order valence-electron chi connectivity index (χ2n) is 9.13. The summed E-state index contributed by atoms with van der Waals surface area (Å²) in [6.07, 6.45) is 8.53. The lowest BCUT2D eigenvalue weighted by molar-refractivity contribution is -0.0195. The van der Waals surface area contributed by atoms with Crippen LogP contribution in [-0.4, -0.2) is 21.1 Å². The van der Waals surface area contributed by atoms with E-state index in [2.05, 4.69) is 9.97 Å². The van der Waals surface area contributed by atoms with Gasteiger partial charge >= 0.3 is 0 Å². The maximum atomic E-state index is 12.1. The molecule has 2 aromatic heterocycles. The first-order valence-electron chi connectivity index (χ1n) is 10.5. The molecule has 0 unspecified atom stereocenters. The predicted molar refractivity (Wildman–Crippen MR) is 117 cm³/mol. The summed E-state index contributed by atoms with van der Waals surface area (Å²) < 4.78 is 5.98. The average molecular weight is 440 g/mol. The van der Waals surface area contributed by atoms with Crippen LogP contribution in [0.5, 0.6) is 0 Å². The van der Waals surface area contributed by atoms with Crippen molar-refractivity contribution >= 4 is 40.4 Å². The molecule has 3 fully saturated rings. The van der Waals surface area contributed by atoms with Crippen molar-refractivity contribution in [3.8, 4) is 0 Å². The fourth-order valence-corrected chi connectivity index (χ4v) is 6.66. The first-order chi connectivity index (χ1) is 14.5. The summed E-state index contributed by atoms with van der Waals surface area (Å²) in [4.78, 5) is 21.3. The van der Waals surface area contributed by atoms with Gasteiger partial charge in [0.25, 0.3) is 0 Å². The summed E-state index contributed by atoms with van der Waals surface area (Å²) >= 11 is 7.89. The number of halogens is 1. The lowest BCUT2D eigenvalue weighted by Gasteiger charge is -2.57. The number of carbonyl (C=O) groups is 1. The lowest BCUT2D eigenvalue weighted by Crippen LogP contribution is -2.46. The van der Waals surface area contributed by atoms with Crippen molar-refractivity contribution in [3.63, 3.8) is 0 Å². The van der Waals surface area contributed by atoms with Crippen LogP contribution >= 0.6 is 23.4 Å². The fraction of sp³-hybridized carbons (Fsp3) is 0.435. The number of hydrogen-bond acceptors (Lipinski definition) is 5. The Labute approximate surface area is 183 Å². The van der Waals surface area contributed by atoms with E-state index in [4.69, 9.17) is 21.8 Å². The highest BCUT2D eigenvalue weighted by Gasteiger charge is 2.55. The van der Waals surface area contributed by atoms with Gasteiger partial charge in [-0.05, 0) is 74.1 Å². The van der Waals surface area contributed by atoms with Crippen LogP contribution in [0, 0.1) is 5.41 Å². The minimum absolute atomic E-state index is 0.333. The van der Waals surface area contributed by atoms with Gasteiger partial charge in [-0.2, -0.15) is 0 Å². The number of oxazole rings is 1. The maximum Gasteiger partial charge on any atom is 0.249 e. The third-order valence-electron chi connectivity index (χ3n) is 6.86. The van der Waals surface area contributed by atoms with Crippen molar-refractivity contribution in [1.82, 2.24) is 9.97 Å².